The van der Waals surface area contributed by atoms with Crippen LogP contribution in [0.15, 0.2) is 41.3 Å². The quantitative estimate of drug-likeness (QED) is 0.748. The number of benzene rings is 1. The molecule has 1 N–H and O–H groups in total. The van der Waals surface area contributed by atoms with Crippen LogP contribution in [0.4, 0.5) is 5.69 Å². The van der Waals surface area contributed by atoms with Crippen molar-refractivity contribution >= 4 is 33.2 Å². The minimum Gasteiger partial charge on any atom is -0.491 e. The molecule has 3 heterocycles. The topological polar surface area (TPSA) is 55.6 Å². The average molecular weight is 372 g/mol. The number of hydrogen-bond acceptors (Lipinski definition) is 3. The van der Waals surface area contributed by atoms with Crippen molar-refractivity contribution in [3.8, 4) is 5.75 Å². The molecule has 0 bridgehead atoms. The van der Waals surface area contributed by atoms with Crippen molar-refractivity contribution in [1.29, 1.82) is 0 Å². The highest BCUT2D eigenvalue weighted by molar-refractivity contribution is 9.10. The van der Waals surface area contributed by atoms with E-state index in [2.05, 4.69) is 26.2 Å². The van der Waals surface area contributed by atoms with Gasteiger partial charge in [-0.25, -0.2) is 4.98 Å². The Balaban J connectivity index is 1.70. The number of pyridine rings is 1. The second-order valence-corrected chi connectivity index (χ2v) is 6.35. The number of ether oxygens (including phenoxy) is 1. The normalized spacial score (nSPS) is 13.0. The predicted molar refractivity (Wildman–Crippen MR) is 91.2 cm³/mol. The summed E-state index contributed by atoms with van der Waals surface area (Å²) in [6.07, 6.45) is 4.38. The molecule has 0 fully saturated rings. The fourth-order valence-corrected chi connectivity index (χ4v) is 3.23. The van der Waals surface area contributed by atoms with Crippen molar-refractivity contribution in [2.75, 3.05) is 11.9 Å². The molecule has 23 heavy (non-hydrogen) atoms. The van der Waals surface area contributed by atoms with E-state index in [0.29, 0.717) is 17.9 Å². The predicted octanol–water partition coefficient (Wildman–Crippen LogP) is 3.59. The van der Waals surface area contributed by atoms with E-state index in [-0.39, 0.29) is 5.91 Å². The minimum absolute atomic E-state index is 0.167. The zero-order chi connectivity index (χ0) is 16.0. The summed E-state index contributed by atoms with van der Waals surface area (Å²) in [5, 5.41) is 2.95. The average Bonchev–Trinajstić information content (AvgIpc) is 3.15. The number of fused-ring (bicyclic) bond motifs is 2. The van der Waals surface area contributed by atoms with Crippen molar-refractivity contribution in [3.63, 3.8) is 0 Å². The molecule has 0 radical (unpaired) electrons. The Kier molecular flexibility index (Phi) is 3.34. The highest BCUT2D eigenvalue weighted by Gasteiger charge is 2.18. The number of anilines is 1. The van der Waals surface area contributed by atoms with Crippen LogP contribution in [-0.4, -0.2) is 21.9 Å². The van der Waals surface area contributed by atoms with Crippen LogP contribution in [0.3, 0.4) is 0 Å². The molecular weight excluding hydrogens is 358 g/mol. The lowest BCUT2D eigenvalue weighted by Crippen LogP contribution is -2.14. The summed E-state index contributed by atoms with van der Waals surface area (Å²) in [6, 6.07) is 7.66. The molecule has 0 saturated carbocycles. The lowest BCUT2D eigenvalue weighted by Gasteiger charge is -2.11. The van der Waals surface area contributed by atoms with E-state index in [1.165, 1.54) is 0 Å². The molecule has 116 valence electrons. The Labute approximate surface area is 141 Å². The van der Waals surface area contributed by atoms with Crippen molar-refractivity contribution in [1.82, 2.24) is 9.38 Å². The first-order valence-corrected chi connectivity index (χ1v) is 8.12. The van der Waals surface area contributed by atoms with Crippen molar-refractivity contribution in [2.45, 2.75) is 13.3 Å². The smallest absolute Gasteiger partial charge is 0.257 e. The molecule has 0 unspecified atom stereocenters. The van der Waals surface area contributed by atoms with E-state index in [9.17, 15) is 4.79 Å². The molecule has 6 heteroatoms. The van der Waals surface area contributed by atoms with Crippen molar-refractivity contribution < 1.29 is 9.53 Å². The molecule has 1 aliphatic heterocycles. The Hall–Kier alpha value is -2.34. The molecule has 0 saturated heterocycles. The van der Waals surface area contributed by atoms with E-state index < -0.39 is 0 Å². The maximum Gasteiger partial charge on any atom is 0.257 e. The maximum atomic E-state index is 12.6. The van der Waals surface area contributed by atoms with Crippen LogP contribution < -0.4 is 10.1 Å². The van der Waals surface area contributed by atoms with Gasteiger partial charge in [-0.15, -0.1) is 0 Å². The van der Waals surface area contributed by atoms with Gasteiger partial charge in [-0.2, -0.15) is 0 Å². The summed E-state index contributed by atoms with van der Waals surface area (Å²) in [4.78, 5) is 16.9. The summed E-state index contributed by atoms with van der Waals surface area (Å²) in [7, 11) is 0. The molecule has 1 aromatic carbocycles. The summed E-state index contributed by atoms with van der Waals surface area (Å²) < 4.78 is 8.30. The molecule has 5 nitrogen and oxygen atoms in total. The zero-order valence-electron chi connectivity index (χ0n) is 12.5. The first-order valence-electron chi connectivity index (χ1n) is 7.33. The largest absolute Gasteiger partial charge is 0.491 e. The van der Waals surface area contributed by atoms with Crippen LogP contribution in [0, 0.1) is 6.92 Å². The van der Waals surface area contributed by atoms with Crippen molar-refractivity contribution in [3.05, 3.63) is 58.0 Å². The molecule has 2 aromatic heterocycles. The molecule has 0 aliphatic carbocycles. The number of carbonyl (C=O) groups is 1. The molecule has 4 rings (SSSR count). The number of para-hydroxylation sites is 1. The Bertz CT molecular complexity index is 933. The summed E-state index contributed by atoms with van der Waals surface area (Å²) in [6.45, 7) is 2.60. The number of carbonyl (C=O) groups excluding carboxylic acids is 1. The van der Waals surface area contributed by atoms with Crippen LogP contribution in [-0.2, 0) is 6.42 Å². The number of hydrogen-bond donors (Lipinski definition) is 1. The number of nitrogens with zero attached hydrogens (tertiary/aromatic N) is 2. The summed E-state index contributed by atoms with van der Waals surface area (Å²) in [5.74, 6) is 0.613. The Morgan fingerprint density at radius 1 is 1.43 bits per heavy atom. The highest BCUT2D eigenvalue weighted by Crippen LogP contribution is 2.33. The first-order chi connectivity index (χ1) is 11.1. The molecule has 1 aliphatic rings. The third-order valence-corrected chi connectivity index (χ3v) is 4.56. The summed E-state index contributed by atoms with van der Waals surface area (Å²) in [5.41, 5.74) is 4.19. The van der Waals surface area contributed by atoms with Gasteiger partial charge in [-0.1, -0.05) is 12.1 Å². The van der Waals surface area contributed by atoms with Gasteiger partial charge >= 0.3 is 0 Å². The number of rotatable bonds is 2. The fraction of sp³-hybridized carbons (Fsp3) is 0.176. The van der Waals surface area contributed by atoms with E-state index >= 15 is 0 Å². The number of aryl methyl sites for hydroxylation is 1. The third kappa shape index (κ3) is 2.39. The van der Waals surface area contributed by atoms with Gasteiger partial charge < -0.3 is 10.1 Å². The van der Waals surface area contributed by atoms with Gasteiger partial charge in [0.1, 0.15) is 16.0 Å². The SMILES string of the molecule is Cc1cc(C(=O)Nc2cccc3c2OCC3)cn2c(Br)cnc12. The Morgan fingerprint density at radius 2 is 2.30 bits per heavy atom. The van der Waals surface area contributed by atoms with Crippen LogP contribution in [0.5, 0.6) is 5.75 Å². The van der Waals surface area contributed by atoms with Gasteiger partial charge in [0.2, 0.25) is 0 Å². The second-order valence-electron chi connectivity index (χ2n) is 5.53. The zero-order valence-corrected chi connectivity index (χ0v) is 14.1. The molecule has 3 aromatic rings. The number of aromatic nitrogens is 2. The fourth-order valence-electron chi connectivity index (χ4n) is 2.86. The number of amides is 1. The van der Waals surface area contributed by atoms with Crippen LogP contribution in [0.1, 0.15) is 21.5 Å². The number of nitrogens with one attached hydrogen (secondary N) is 1. The van der Waals surface area contributed by atoms with Crippen LogP contribution in [0.2, 0.25) is 0 Å². The molecule has 0 atom stereocenters. The minimum atomic E-state index is -0.167. The van der Waals surface area contributed by atoms with E-state index in [1.807, 2.05) is 35.6 Å². The summed E-state index contributed by atoms with van der Waals surface area (Å²) >= 11 is 3.44. The van der Waals surface area contributed by atoms with Gasteiger partial charge in [0.15, 0.2) is 0 Å². The van der Waals surface area contributed by atoms with Crippen LogP contribution >= 0.6 is 15.9 Å². The van der Waals surface area contributed by atoms with E-state index in [1.54, 1.807) is 12.4 Å². The first kappa shape index (κ1) is 14.3. The maximum absolute atomic E-state index is 12.6. The second kappa shape index (κ2) is 5.38. The molecular formula is C17H14BrN3O2. The number of imidazole rings is 1. The standard InChI is InChI=1S/C17H14BrN3O2/c1-10-7-12(9-21-14(18)8-19-16(10)21)17(22)20-13-4-2-3-11-5-6-23-15(11)13/h2-4,7-9H,5-6H2,1H3,(H,20,22). The molecule has 1 amide bonds. The van der Waals surface area contributed by atoms with Gasteiger partial charge in [0, 0.05) is 12.6 Å². The van der Waals surface area contributed by atoms with Gasteiger partial charge in [0.25, 0.3) is 5.91 Å². The van der Waals surface area contributed by atoms with Crippen LogP contribution in [0.25, 0.3) is 5.65 Å². The highest BCUT2D eigenvalue weighted by atomic mass is 79.9. The van der Waals surface area contributed by atoms with Gasteiger partial charge in [-0.3, -0.25) is 9.20 Å². The molecule has 0 spiro atoms. The lowest BCUT2D eigenvalue weighted by molar-refractivity contribution is 0.102. The third-order valence-electron chi connectivity index (χ3n) is 3.97. The van der Waals surface area contributed by atoms with E-state index in [4.69, 9.17) is 4.74 Å². The lowest BCUT2D eigenvalue weighted by atomic mass is 10.1. The van der Waals surface area contributed by atoms with Crippen molar-refractivity contribution in [2.24, 2.45) is 0 Å². The number of halogens is 1. The van der Waals surface area contributed by atoms with E-state index in [0.717, 1.165) is 33.5 Å². The van der Waals surface area contributed by atoms with Gasteiger partial charge in [0.05, 0.1) is 24.1 Å². The monoisotopic (exact) mass is 371 g/mol. The van der Waals surface area contributed by atoms with Gasteiger partial charge in [-0.05, 0) is 46.1 Å². The Morgan fingerprint density at radius 3 is 3.17 bits per heavy atom.